The highest BCUT2D eigenvalue weighted by molar-refractivity contribution is 7.47. The van der Waals surface area contributed by atoms with Crippen molar-refractivity contribution < 1.29 is 28.4 Å². The van der Waals surface area contributed by atoms with Crippen molar-refractivity contribution in [2.24, 2.45) is 5.73 Å². The molecule has 0 spiro atoms. The smallest absolute Gasteiger partial charge is 0.387 e. The Kier molecular flexibility index (Phi) is 46.7. The number of aliphatic hydroxyl groups excluding tert-OH is 1. The Bertz CT molecular complexity index is 995. The van der Waals surface area contributed by atoms with E-state index in [0.717, 1.165) is 38.5 Å². The van der Waals surface area contributed by atoms with Gasteiger partial charge in [-0.1, -0.05) is 250 Å². The second-order valence-corrected chi connectivity index (χ2v) is 19.2. The van der Waals surface area contributed by atoms with E-state index in [0.29, 0.717) is 6.42 Å². The predicted octanol–water partition coefficient (Wildman–Crippen LogP) is 15.3. The SMILES string of the molecule is CCCCCCCCCCCCCCC/C=C/CC/C=C/C(O)C(COP(=O)(O)OCCN)NC(=O)CCCCCCCCCCCCCCCCCCCCCCCC. The Hall–Kier alpha value is -1.02. The topological polar surface area (TPSA) is 131 Å². The molecule has 0 aromatic carbocycles. The molecule has 0 rings (SSSR count). The van der Waals surface area contributed by atoms with E-state index < -0.39 is 20.0 Å². The zero-order valence-electron chi connectivity index (χ0n) is 39.7. The van der Waals surface area contributed by atoms with Gasteiger partial charge in [-0.25, -0.2) is 4.57 Å². The molecule has 0 aliphatic carbocycles. The number of allylic oxidation sites excluding steroid dienone is 3. The molecule has 3 unspecified atom stereocenters. The summed E-state index contributed by atoms with van der Waals surface area (Å²) in [6.07, 6.45) is 56.8. The van der Waals surface area contributed by atoms with Gasteiger partial charge < -0.3 is 21.1 Å². The van der Waals surface area contributed by atoms with Crippen molar-refractivity contribution in [2.75, 3.05) is 19.8 Å². The molecule has 0 heterocycles. The molecular weight excluding hydrogens is 768 g/mol. The number of carbonyl (C=O) groups excluding carboxylic acids is 1. The van der Waals surface area contributed by atoms with Crippen LogP contribution >= 0.6 is 7.82 Å². The van der Waals surface area contributed by atoms with E-state index in [-0.39, 0.29) is 25.7 Å². The molecule has 5 N–H and O–H groups in total. The molecule has 0 fully saturated rings. The maximum atomic E-state index is 12.8. The Labute approximate surface area is 372 Å². The van der Waals surface area contributed by atoms with Gasteiger partial charge in [0.05, 0.1) is 25.4 Å². The molecule has 0 aromatic heterocycles. The highest BCUT2D eigenvalue weighted by Crippen LogP contribution is 2.43. The third kappa shape index (κ3) is 45.0. The fraction of sp³-hybridized carbons (Fsp3) is 0.902. The van der Waals surface area contributed by atoms with Gasteiger partial charge in [0.25, 0.3) is 0 Å². The summed E-state index contributed by atoms with van der Waals surface area (Å²) >= 11 is 0. The van der Waals surface area contributed by atoms with Crippen molar-refractivity contribution in [3.8, 4) is 0 Å². The van der Waals surface area contributed by atoms with Crippen LogP contribution in [-0.2, 0) is 18.4 Å². The van der Waals surface area contributed by atoms with Crippen LogP contribution in [0.1, 0.15) is 264 Å². The molecule has 0 bridgehead atoms. The van der Waals surface area contributed by atoms with Crippen LogP contribution < -0.4 is 11.1 Å². The summed E-state index contributed by atoms with van der Waals surface area (Å²) < 4.78 is 22.2. The average Bonchev–Trinajstić information content (AvgIpc) is 3.24. The lowest BCUT2D eigenvalue weighted by Crippen LogP contribution is -2.45. The first-order valence-corrected chi connectivity index (χ1v) is 27.5. The second kappa shape index (κ2) is 47.5. The van der Waals surface area contributed by atoms with Crippen LogP contribution in [-0.4, -0.2) is 47.8 Å². The number of unbranched alkanes of at least 4 members (excludes halogenated alkanes) is 35. The minimum Gasteiger partial charge on any atom is -0.387 e. The van der Waals surface area contributed by atoms with E-state index in [4.69, 9.17) is 14.8 Å². The molecule has 0 aliphatic rings. The van der Waals surface area contributed by atoms with Crippen molar-refractivity contribution in [1.29, 1.82) is 0 Å². The summed E-state index contributed by atoms with van der Waals surface area (Å²) in [7, 11) is -4.35. The molecule has 8 nitrogen and oxygen atoms in total. The number of aliphatic hydroxyl groups is 1. The van der Waals surface area contributed by atoms with Crippen LogP contribution in [0.4, 0.5) is 0 Å². The fourth-order valence-electron chi connectivity index (χ4n) is 7.86. The summed E-state index contributed by atoms with van der Waals surface area (Å²) in [5, 5.41) is 13.7. The maximum absolute atomic E-state index is 12.8. The molecule has 0 aliphatic heterocycles. The molecule has 60 heavy (non-hydrogen) atoms. The van der Waals surface area contributed by atoms with E-state index in [9.17, 15) is 19.4 Å². The lowest BCUT2D eigenvalue weighted by molar-refractivity contribution is -0.123. The quantitative estimate of drug-likeness (QED) is 0.0272. The van der Waals surface area contributed by atoms with Gasteiger partial charge in [0, 0.05) is 13.0 Å². The number of hydrogen-bond donors (Lipinski definition) is 4. The van der Waals surface area contributed by atoms with Gasteiger partial charge in [0.15, 0.2) is 0 Å². The second-order valence-electron chi connectivity index (χ2n) is 17.7. The van der Waals surface area contributed by atoms with E-state index in [1.165, 1.54) is 205 Å². The minimum absolute atomic E-state index is 0.0762. The van der Waals surface area contributed by atoms with Crippen molar-refractivity contribution in [2.45, 2.75) is 276 Å². The molecule has 3 atom stereocenters. The van der Waals surface area contributed by atoms with Crippen molar-refractivity contribution in [3.05, 3.63) is 24.3 Å². The average molecular weight is 869 g/mol. The number of hydrogen-bond acceptors (Lipinski definition) is 6. The Morgan fingerprint density at radius 1 is 0.533 bits per heavy atom. The maximum Gasteiger partial charge on any atom is 0.472 e. The largest absolute Gasteiger partial charge is 0.472 e. The summed E-state index contributed by atoms with van der Waals surface area (Å²) in [6.45, 7) is 4.16. The van der Waals surface area contributed by atoms with Crippen molar-refractivity contribution in [1.82, 2.24) is 5.32 Å². The molecule has 0 aromatic rings. The lowest BCUT2D eigenvalue weighted by Gasteiger charge is -2.23. The van der Waals surface area contributed by atoms with Crippen LogP contribution in [0.3, 0.4) is 0 Å². The van der Waals surface area contributed by atoms with E-state index in [2.05, 4.69) is 31.3 Å². The number of rotatable bonds is 49. The summed E-state index contributed by atoms with van der Waals surface area (Å²) in [4.78, 5) is 22.8. The van der Waals surface area contributed by atoms with E-state index >= 15 is 0 Å². The first-order valence-electron chi connectivity index (χ1n) is 26.0. The lowest BCUT2D eigenvalue weighted by atomic mass is 10.0. The zero-order chi connectivity index (χ0) is 43.9. The summed E-state index contributed by atoms with van der Waals surface area (Å²) in [5.41, 5.74) is 5.39. The molecule has 9 heteroatoms. The number of nitrogens with one attached hydrogen (secondary N) is 1. The Morgan fingerprint density at radius 2 is 0.883 bits per heavy atom. The molecule has 0 saturated heterocycles. The van der Waals surface area contributed by atoms with Crippen molar-refractivity contribution >= 4 is 13.7 Å². The van der Waals surface area contributed by atoms with Gasteiger partial charge in [0.2, 0.25) is 5.91 Å². The standard InChI is InChI=1S/C51H101N2O6P/c1-3-5-7-9-11-13-15-17-19-21-23-24-25-27-29-31-33-35-37-39-41-43-45-51(55)53-49(48-59-60(56,57)58-47-46-52)50(54)44-42-40-38-36-34-32-30-28-26-22-20-18-16-14-12-10-8-6-4-2/h34,36,42,44,49-50,54H,3-33,35,37-41,43,45-48,52H2,1-2H3,(H,53,55)(H,56,57)/b36-34+,44-42+. The van der Waals surface area contributed by atoms with Crippen LogP contribution in [0.2, 0.25) is 0 Å². The normalized spacial score (nSPS) is 14.0. The Balaban J connectivity index is 4.09. The van der Waals surface area contributed by atoms with Crippen molar-refractivity contribution in [3.63, 3.8) is 0 Å². The van der Waals surface area contributed by atoms with Gasteiger partial charge in [-0.05, 0) is 32.1 Å². The van der Waals surface area contributed by atoms with Gasteiger partial charge in [0.1, 0.15) is 0 Å². The van der Waals surface area contributed by atoms with Crippen LogP contribution in [0.15, 0.2) is 24.3 Å². The van der Waals surface area contributed by atoms with Gasteiger partial charge >= 0.3 is 7.82 Å². The predicted molar refractivity (Wildman–Crippen MR) is 258 cm³/mol. The molecule has 0 saturated carbocycles. The highest BCUT2D eigenvalue weighted by Gasteiger charge is 2.26. The summed E-state index contributed by atoms with van der Waals surface area (Å²) in [6, 6.07) is -0.874. The molecule has 0 radical (unpaired) electrons. The Morgan fingerprint density at radius 3 is 1.28 bits per heavy atom. The monoisotopic (exact) mass is 869 g/mol. The number of phosphoric ester groups is 1. The number of nitrogens with two attached hydrogens (primary N) is 1. The first kappa shape index (κ1) is 59.0. The van der Waals surface area contributed by atoms with Gasteiger partial charge in [-0.3, -0.25) is 13.8 Å². The third-order valence-corrected chi connectivity index (χ3v) is 12.8. The van der Waals surface area contributed by atoms with Crippen LogP contribution in [0.25, 0.3) is 0 Å². The van der Waals surface area contributed by atoms with E-state index in [1.807, 2.05) is 6.08 Å². The van der Waals surface area contributed by atoms with Gasteiger partial charge in [-0.2, -0.15) is 0 Å². The van der Waals surface area contributed by atoms with Gasteiger partial charge in [-0.15, -0.1) is 0 Å². The van der Waals surface area contributed by atoms with Crippen LogP contribution in [0, 0.1) is 0 Å². The number of carbonyl (C=O) groups is 1. The van der Waals surface area contributed by atoms with Crippen LogP contribution in [0.5, 0.6) is 0 Å². The number of phosphoric acid groups is 1. The molecule has 356 valence electrons. The molecular formula is C51H101N2O6P. The highest BCUT2D eigenvalue weighted by atomic mass is 31.2. The summed E-state index contributed by atoms with van der Waals surface area (Å²) in [5.74, 6) is -0.198. The van der Waals surface area contributed by atoms with E-state index in [1.54, 1.807) is 6.08 Å². The zero-order valence-corrected chi connectivity index (χ0v) is 40.6. The minimum atomic E-state index is -4.35. The fourth-order valence-corrected chi connectivity index (χ4v) is 8.62. The molecule has 1 amide bonds. The third-order valence-electron chi connectivity index (χ3n) is 11.8. The number of amides is 1. The first-order chi connectivity index (χ1) is 29.4.